The molecule has 2 nitrogen and oxygen atoms in total. The number of aromatic nitrogens is 1. The van der Waals surface area contributed by atoms with Crippen LogP contribution in [0.5, 0.6) is 0 Å². The Balaban J connectivity index is 0.00000196. The first-order valence-electron chi connectivity index (χ1n) is 8.83. The van der Waals surface area contributed by atoms with Crippen molar-refractivity contribution in [3.63, 3.8) is 0 Å². The van der Waals surface area contributed by atoms with Crippen molar-refractivity contribution < 1.29 is 8.78 Å². The van der Waals surface area contributed by atoms with Crippen LogP contribution in [0.1, 0.15) is 31.5 Å². The molecule has 3 aromatic rings. The molecule has 0 aliphatic carbocycles. The lowest BCUT2D eigenvalue weighted by molar-refractivity contribution is 0.263. The highest BCUT2D eigenvalue weighted by Gasteiger charge is 2.27. The lowest BCUT2D eigenvalue weighted by atomic mass is 10.1. The summed E-state index contributed by atoms with van der Waals surface area (Å²) in [5.41, 5.74) is 4.30. The van der Waals surface area contributed by atoms with Crippen molar-refractivity contribution in [2.75, 3.05) is 6.54 Å². The van der Waals surface area contributed by atoms with Gasteiger partial charge in [0, 0.05) is 29.9 Å². The van der Waals surface area contributed by atoms with Crippen molar-refractivity contribution in [3.05, 3.63) is 65.4 Å². The molecule has 138 valence electrons. The third kappa shape index (κ3) is 3.36. The van der Waals surface area contributed by atoms with E-state index in [4.69, 9.17) is 0 Å². The first-order chi connectivity index (χ1) is 12.0. The van der Waals surface area contributed by atoms with E-state index in [2.05, 4.69) is 23.3 Å². The normalized spacial score (nSPS) is 14.0. The van der Waals surface area contributed by atoms with Gasteiger partial charge in [0.15, 0.2) is 0 Å². The fourth-order valence-electron chi connectivity index (χ4n) is 3.70. The molecule has 4 rings (SSSR count). The molecule has 2 aromatic carbocycles. The van der Waals surface area contributed by atoms with Gasteiger partial charge in [0.25, 0.3) is 0 Å². The summed E-state index contributed by atoms with van der Waals surface area (Å²) >= 11 is 0. The molecule has 0 amide bonds. The van der Waals surface area contributed by atoms with Gasteiger partial charge in [-0.05, 0) is 66.9 Å². The van der Waals surface area contributed by atoms with Crippen LogP contribution in [-0.2, 0) is 13.1 Å². The molecule has 0 spiro atoms. The molecule has 0 fully saturated rings. The molecule has 0 atom stereocenters. The SMILES string of the molecule is CC(C)CCN1Cc2c(n(-c3ccc(F)cc3)c3ccc(F)cc23)C1.Cl. The van der Waals surface area contributed by atoms with Crippen LogP contribution in [-0.4, -0.2) is 16.0 Å². The summed E-state index contributed by atoms with van der Waals surface area (Å²) in [6.07, 6.45) is 1.15. The number of hydrogen-bond acceptors (Lipinski definition) is 1. The lowest BCUT2D eigenvalue weighted by Gasteiger charge is -2.18. The minimum Gasteiger partial charge on any atom is -0.312 e. The van der Waals surface area contributed by atoms with Crippen LogP contribution in [0.25, 0.3) is 16.6 Å². The molecule has 5 heteroatoms. The Morgan fingerprint density at radius 1 is 0.962 bits per heavy atom. The smallest absolute Gasteiger partial charge is 0.123 e. The van der Waals surface area contributed by atoms with Gasteiger partial charge in [0.2, 0.25) is 0 Å². The zero-order valence-corrected chi connectivity index (χ0v) is 15.8. The predicted molar refractivity (Wildman–Crippen MR) is 104 cm³/mol. The second-order valence-electron chi connectivity index (χ2n) is 7.29. The summed E-state index contributed by atoms with van der Waals surface area (Å²) < 4.78 is 29.3. The Morgan fingerprint density at radius 2 is 1.65 bits per heavy atom. The highest BCUT2D eigenvalue weighted by Crippen LogP contribution is 2.36. The van der Waals surface area contributed by atoms with Crippen molar-refractivity contribution >= 4 is 23.3 Å². The van der Waals surface area contributed by atoms with Crippen LogP contribution < -0.4 is 0 Å². The monoisotopic (exact) mass is 376 g/mol. The van der Waals surface area contributed by atoms with E-state index in [1.54, 1.807) is 18.2 Å². The highest BCUT2D eigenvalue weighted by atomic mass is 35.5. The van der Waals surface area contributed by atoms with Gasteiger partial charge in [-0.25, -0.2) is 8.78 Å². The third-order valence-electron chi connectivity index (χ3n) is 5.01. The Morgan fingerprint density at radius 3 is 2.35 bits per heavy atom. The van der Waals surface area contributed by atoms with Gasteiger partial charge < -0.3 is 4.57 Å². The number of rotatable bonds is 4. The van der Waals surface area contributed by atoms with E-state index in [-0.39, 0.29) is 24.0 Å². The van der Waals surface area contributed by atoms with Gasteiger partial charge in [-0.2, -0.15) is 0 Å². The maximum Gasteiger partial charge on any atom is 0.123 e. The summed E-state index contributed by atoms with van der Waals surface area (Å²) in [5.74, 6) is 0.196. The highest BCUT2D eigenvalue weighted by molar-refractivity contribution is 5.88. The molecule has 1 aliphatic heterocycles. The van der Waals surface area contributed by atoms with E-state index in [1.807, 2.05) is 6.07 Å². The molecule has 0 saturated heterocycles. The van der Waals surface area contributed by atoms with Crippen LogP contribution in [0, 0.1) is 17.6 Å². The maximum atomic E-state index is 13.8. The Hall–Kier alpha value is -1.91. The minimum atomic E-state index is -0.249. The van der Waals surface area contributed by atoms with Gasteiger partial charge >= 0.3 is 0 Å². The van der Waals surface area contributed by atoms with Crippen LogP contribution in [0.15, 0.2) is 42.5 Å². The summed E-state index contributed by atoms with van der Waals surface area (Å²) in [5, 5.41) is 0.964. The van der Waals surface area contributed by atoms with Crippen molar-refractivity contribution in [2.24, 2.45) is 5.92 Å². The van der Waals surface area contributed by atoms with Crippen molar-refractivity contribution in [1.82, 2.24) is 9.47 Å². The van der Waals surface area contributed by atoms with Gasteiger partial charge in [0.1, 0.15) is 11.6 Å². The molecular weight excluding hydrogens is 354 g/mol. The Kier molecular flexibility index (Phi) is 5.35. The van der Waals surface area contributed by atoms with Crippen LogP contribution in [0.2, 0.25) is 0 Å². The zero-order chi connectivity index (χ0) is 17.6. The zero-order valence-electron chi connectivity index (χ0n) is 15.0. The number of nitrogens with zero attached hydrogens (tertiary/aromatic N) is 2. The van der Waals surface area contributed by atoms with Gasteiger partial charge in [0.05, 0.1) is 5.52 Å². The standard InChI is InChI=1S/C21H22F2N2.ClH/c1-14(2)9-10-24-12-19-18-11-16(23)5-8-20(18)25(21(19)13-24)17-6-3-15(22)4-7-17;/h3-8,11,14H,9-10,12-13H2,1-2H3;1H. The topological polar surface area (TPSA) is 8.17 Å². The Labute approximate surface area is 158 Å². The number of halogens is 3. The average Bonchev–Trinajstić information content (AvgIpc) is 3.11. The van der Waals surface area contributed by atoms with Crippen molar-refractivity contribution in [3.8, 4) is 5.69 Å². The molecule has 2 heterocycles. The van der Waals surface area contributed by atoms with E-state index >= 15 is 0 Å². The minimum absolute atomic E-state index is 0. The molecule has 0 saturated carbocycles. The van der Waals surface area contributed by atoms with E-state index in [9.17, 15) is 8.78 Å². The Bertz CT molecular complexity index is 916. The summed E-state index contributed by atoms with van der Waals surface area (Å²) in [6, 6.07) is 11.5. The van der Waals surface area contributed by atoms with Crippen molar-refractivity contribution in [1.29, 1.82) is 0 Å². The van der Waals surface area contributed by atoms with E-state index < -0.39 is 0 Å². The van der Waals surface area contributed by atoms with E-state index in [1.165, 1.54) is 29.5 Å². The van der Waals surface area contributed by atoms with E-state index in [0.29, 0.717) is 5.92 Å². The second kappa shape index (κ2) is 7.37. The first-order valence-corrected chi connectivity index (χ1v) is 8.83. The summed E-state index contributed by atoms with van der Waals surface area (Å²) in [4.78, 5) is 2.41. The van der Waals surface area contributed by atoms with Gasteiger partial charge in [-0.3, -0.25) is 4.90 Å². The fourth-order valence-corrected chi connectivity index (χ4v) is 3.70. The van der Waals surface area contributed by atoms with E-state index in [0.717, 1.165) is 42.6 Å². The molecule has 26 heavy (non-hydrogen) atoms. The largest absolute Gasteiger partial charge is 0.312 e. The average molecular weight is 377 g/mol. The summed E-state index contributed by atoms with van der Waals surface area (Å²) in [6.45, 7) is 7.18. The van der Waals surface area contributed by atoms with Gasteiger partial charge in [-0.15, -0.1) is 12.4 Å². The first kappa shape index (κ1) is 18.9. The van der Waals surface area contributed by atoms with Gasteiger partial charge in [-0.1, -0.05) is 13.8 Å². The number of hydrogen-bond donors (Lipinski definition) is 0. The molecule has 1 aliphatic rings. The molecule has 0 radical (unpaired) electrons. The predicted octanol–water partition coefficient (Wildman–Crippen LogP) is 5.69. The fraction of sp³-hybridized carbons (Fsp3) is 0.333. The second-order valence-corrected chi connectivity index (χ2v) is 7.29. The molecule has 0 unspecified atom stereocenters. The molecular formula is C21H23ClF2N2. The van der Waals surface area contributed by atoms with Crippen LogP contribution in [0.3, 0.4) is 0 Å². The molecule has 0 N–H and O–H groups in total. The third-order valence-corrected chi connectivity index (χ3v) is 5.01. The van der Waals surface area contributed by atoms with Crippen LogP contribution >= 0.6 is 12.4 Å². The molecule has 1 aromatic heterocycles. The number of benzene rings is 2. The maximum absolute atomic E-state index is 13.8. The van der Waals surface area contributed by atoms with Crippen molar-refractivity contribution in [2.45, 2.75) is 33.4 Å². The van der Waals surface area contributed by atoms with Crippen LogP contribution in [0.4, 0.5) is 8.78 Å². The quantitative estimate of drug-likeness (QED) is 0.567. The summed E-state index contributed by atoms with van der Waals surface area (Å²) in [7, 11) is 0. The lowest BCUT2D eigenvalue weighted by Crippen LogP contribution is -2.20. The molecule has 0 bridgehead atoms. The number of fused-ring (bicyclic) bond motifs is 3.